The maximum atomic E-state index is 11.1. The average molecular weight is 326 g/mol. The highest BCUT2D eigenvalue weighted by Crippen LogP contribution is 2.34. The number of nitrogens with zero attached hydrogens (tertiary/aromatic N) is 2. The van der Waals surface area contributed by atoms with E-state index in [1.165, 1.54) is 6.07 Å². The molecule has 0 aliphatic carbocycles. The Balaban J connectivity index is 3.81. The van der Waals surface area contributed by atoms with Crippen LogP contribution >= 0.6 is 26.6 Å². The molecule has 0 heterocycles. The largest absolute Gasteiger partial charge is 0.308 e. The first-order valence-corrected chi connectivity index (χ1v) is 6.71. The van der Waals surface area contributed by atoms with Gasteiger partial charge in [-0.2, -0.15) is 5.26 Å². The van der Waals surface area contributed by atoms with E-state index in [1.807, 2.05) is 0 Å². The van der Waals surface area contributed by atoms with E-state index in [4.69, 9.17) is 15.9 Å². The lowest BCUT2D eigenvalue weighted by atomic mass is 10.2. The van der Waals surface area contributed by atoms with E-state index >= 15 is 0 Å². The fourth-order valence-electron chi connectivity index (χ4n) is 1.03. The topological polar surface area (TPSA) is 101 Å². The molecule has 84 valence electrons. The maximum Gasteiger partial charge on any atom is 0.308 e. The lowest BCUT2D eigenvalue weighted by Crippen LogP contribution is -2.02. The molecule has 0 aliphatic heterocycles. The smallest absolute Gasteiger partial charge is 0.258 e. The molecule has 16 heavy (non-hydrogen) atoms. The quantitative estimate of drug-likeness (QED) is 0.471. The Bertz CT molecular complexity index is 608. The summed E-state index contributed by atoms with van der Waals surface area (Å²) in [6.45, 7) is 0. The fourth-order valence-corrected chi connectivity index (χ4v) is 2.45. The van der Waals surface area contributed by atoms with Crippen LogP contribution in [0.5, 0.6) is 0 Å². The lowest BCUT2D eigenvalue weighted by molar-refractivity contribution is -0.388. The van der Waals surface area contributed by atoms with Crippen LogP contribution in [0, 0.1) is 21.4 Å². The zero-order valence-electron chi connectivity index (χ0n) is 7.35. The highest BCUT2D eigenvalue weighted by molar-refractivity contribution is 9.10. The number of hydrogen-bond acceptors (Lipinski definition) is 5. The van der Waals surface area contributed by atoms with Crippen LogP contribution in [0.1, 0.15) is 5.56 Å². The SMILES string of the molecule is N#Cc1c(Br)ccc(S(=O)(=O)Cl)c1[N+](=O)[O-]. The van der Waals surface area contributed by atoms with Gasteiger partial charge in [0.1, 0.15) is 11.6 Å². The summed E-state index contributed by atoms with van der Waals surface area (Å²) < 4.78 is 22.3. The second kappa shape index (κ2) is 4.37. The molecule has 0 unspecified atom stereocenters. The Morgan fingerprint density at radius 3 is 2.44 bits per heavy atom. The van der Waals surface area contributed by atoms with Crippen molar-refractivity contribution in [3.05, 3.63) is 32.3 Å². The summed E-state index contributed by atoms with van der Waals surface area (Å²) in [6, 6.07) is 3.72. The summed E-state index contributed by atoms with van der Waals surface area (Å²) in [6.07, 6.45) is 0. The molecule has 0 fully saturated rings. The van der Waals surface area contributed by atoms with E-state index in [0.717, 1.165) is 6.07 Å². The molecular formula is C7H2BrClN2O4S. The molecule has 0 spiro atoms. The predicted molar refractivity (Wildman–Crippen MR) is 58.6 cm³/mol. The highest BCUT2D eigenvalue weighted by atomic mass is 79.9. The lowest BCUT2D eigenvalue weighted by Gasteiger charge is -2.02. The maximum absolute atomic E-state index is 11.1. The Morgan fingerprint density at radius 2 is 2.06 bits per heavy atom. The van der Waals surface area contributed by atoms with E-state index in [1.54, 1.807) is 6.07 Å². The molecule has 1 aromatic rings. The number of nitriles is 1. The third kappa shape index (κ3) is 2.32. The van der Waals surface area contributed by atoms with Crippen LogP contribution in [0.4, 0.5) is 5.69 Å². The van der Waals surface area contributed by atoms with Gasteiger partial charge in [-0.3, -0.25) is 10.1 Å². The first kappa shape index (κ1) is 12.9. The van der Waals surface area contributed by atoms with Gasteiger partial charge in [0.05, 0.1) is 4.92 Å². The van der Waals surface area contributed by atoms with Crippen LogP contribution in [0.25, 0.3) is 0 Å². The zero-order valence-corrected chi connectivity index (χ0v) is 10.5. The van der Waals surface area contributed by atoms with Crippen molar-refractivity contribution in [1.29, 1.82) is 5.26 Å². The molecule has 0 radical (unpaired) electrons. The van der Waals surface area contributed by atoms with E-state index in [-0.39, 0.29) is 10.0 Å². The van der Waals surface area contributed by atoms with E-state index in [9.17, 15) is 18.5 Å². The van der Waals surface area contributed by atoms with Gasteiger partial charge in [-0.1, -0.05) is 0 Å². The van der Waals surface area contributed by atoms with Crippen molar-refractivity contribution in [2.24, 2.45) is 0 Å². The monoisotopic (exact) mass is 324 g/mol. The van der Waals surface area contributed by atoms with Crippen molar-refractivity contribution in [3.63, 3.8) is 0 Å². The first-order chi connectivity index (χ1) is 7.29. The third-order valence-electron chi connectivity index (χ3n) is 1.65. The molecular weight excluding hydrogens is 324 g/mol. The van der Waals surface area contributed by atoms with Crippen molar-refractivity contribution < 1.29 is 13.3 Å². The Labute approximate surface area is 103 Å². The highest BCUT2D eigenvalue weighted by Gasteiger charge is 2.29. The minimum atomic E-state index is -4.27. The number of benzene rings is 1. The Hall–Kier alpha value is -1.17. The molecule has 0 amide bonds. The van der Waals surface area contributed by atoms with E-state index in [2.05, 4.69) is 15.9 Å². The first-order valence-electron chi connectivity index (χ1n) is 3.60. The van der Waals surface area contributed by atoms with Gasteiger partial charge in [-0.05, 0) is 28.1 Å². The molecule has 0 saturated carbocycles. The van der Waals surface area contributed by atoms with Gasteiger partial charge in [0.25, 0.3) is 9.05 Å². The number of halogens is 2. The van der Waals surface area contributed by atoms with Crippen molar-refractivity contribution in [2.45, 2.75) is 4.90 Å². The number of rotatable bonds is 2. The predicted octanol–water partition coefficient (Wildman–Crippen LogP) is 2.16. The van der Waals surface area contributed by atoms with Gasteiger partial charge < -0.3 is 0 Å². The molecule has 0 aliphatic rings. The molecule has 0 atom stereocenters. The molecule has 0 saturated heterocycles. The van der Waals surface area contributed by atoms with Crippen LogP contribution in [-0.4, -0.2) is 13.3 Å². The number of hydrogen-bond donors (Lipinski definition) is 0. The van der Waals surface area contributed by atoms with Gasteiger partial charge in [0.15, 0.2) is 4.90 Å². The minimum absolute atomic E-state index is 0.130. The molecule has 0 aromatic heterocycles. The van der Waals surface area contributed by atoms with Gasteiger partial charge in [-0.15, -0.1) is 0 Å². The minimum Gasteiger partial charge on any atom is -0.258 e. The van der Waals surface area contributed by atoms with Gasteiger partial charge in [-0.25, -0.2) is 8.42 Å². The van der Waals surface area contributed by atoms with Crippen molar-refractivity contribution >= 4 is 41.4 Å². The van der Waals surface area contributed by atoms with Gasteiger partial charge >= 0.3 is 5.69 Å². The summed E-state index contributed by atoms with van der Waals surface area (Å²) in [5.74, 6) is 0. The van der Waals surface area contributed by atoms with Crippen LogP contribution in [-0.2, 0) is 9.05 Å². The molecule has 1 rings (SSSR count). The second-order valence-electron chi connectivity index (χ2n) is 2.58. The Morgan fingerprint density at radius 1 is 1.50 bits per heavy atom. The van der Waals surface area contributed by atoms with Crippen molar-refractivity contribution in [1.82, 2.24) is 0 Å². The summed E-state index contributed by atoms with van der Waals surface area (Å²) >= 11 is 2.91. The molecule has 1 aromatic carbocycles. The Kier molecular flexibility index (Phi) is 3.52. The van der Waals surface area contributed by atoms with E-state index in [0.29, 0.717) is 0 Å². The molecule has 0 bridgehead atoms. The normalized spacial score (nSPS) is 10.8. The van der Waals surface area contributed by atoms with Gasteiger partial charge in [0.2, 0.25) is 0 Å². The second-order valence-corrected chi connectivity index (χ2v) is 5.96. The number of nitro benzene ring substituents is 1. The summed E-state index contributed by atoms with van der Waals surface area (Å²) in [5, 5.41) is 19.4. The summed E-state index contributed by atoms with van der Waals surface area (Å²) in [7, 11) is 0.763. The number of nitro groups is 1. The zero-order chi connectivity index (χ0) is 12.5. The van der Waals surface area contributed by atoms with Crippen LogP contribution < -0.4 is 0 Å². The molecule has 9 heteroatoms. The molecule has 0 N–H and O–H groups in total. The van der Waals surface area contributed by atoms with Crippen LogP contribution in [0.2, 0.25) is 0 Å². The summed E-state index contributed by atoms with van der Waals surface area (Å²) in [4.78, 5) is 9.06. The van der Waals surface area contributed by atoms with Crippen LogP contribution in [0.15, 0.2) is 21.5 Å². The van der Waals surface area contributed by atoms with Crippen molar-refractivity contribution in [3.8, 4) is 6.07 Å². The third-order valence-corrected chi connectivity index (χ3v) is 3.66. The summed E-state index contributed by atoms with van der Waals surface area (Å²) in [5.41, 5.74) is -1.21. The molecule has 6 nitrogen and oxygen atoms in total. The van der Waals surface area contributed by atoms with E-state index < -0.39 is 24.6 Å². The van der Waals surface area contributed by atoms with Crippen LogP contribution in [0.3, 0.4) is 0 Å². The fraction of sp³-hybridized carbons (Fsp3) is 0. The van der Waals surface area contributed by atoms with Crippen molar-refractivity contribution in [2.75, 3.05) is 0 Å². The standard InChI is InChI=1S/C7H2BrClN2O4S/c8-5-1-2-6(16(9,14)15)7(11(12)13)4(5)3-10/h1-2H. The average Bonchev–Trinajstić information content (AvgIpc) is 2.14. The van der Waals surface area contributed by atoms with Gasteiger partial charge in [0, 0.05) is 15.2 Å².